The fourth-order valence-electron chi connectivity index (χ4n) is 2.94. The van der Waals surface area contributed by atoms with Crippen LogP contribution in [0.15, 0.2) is 0 Å². The van der Waals surface area contributed by atoms with Crippen LogP contribution in [0, 0.1) is 5.92 Å². The van der Waals surface area contributed by atoms with Gasteiger partial charge in [-0.1, -0.05) is 26.2 Å². The van der Waals surface area contributed by atoms with Crippen LogP contribution in [0.5, 0.6) is 0 Å². The van der Waals surface area contributed by atoms with Crippen LogP contribution in [0.25, 0.3) is 0 Å². The number of ether oxygens (including phenoxy) is 1. The first-order valence-corrected chi connectivity index (χ1v) is 7.60. The van der Waals surface area contributed by atoms with Gasteiger partial charge in [-0.15, -0.1) is 0 Å². The molecule has 1 fully saturated rings. The van der Waals surface area contributed by atoms with E-state index in [0.29, 0.717) is 12.6 Å². The molecule has 1 heterocycles. The van der Waals surface area contributed by atoms with Crippen LogP contribution in [0.3, 0.4) is 0 Å². The highest BCUT2D eigenvalue weighted by atomic mass is 16.5. The Morgan fingerprint density at radius 2 is 2.06 bits per heavy atom. The number of unbranched alkanes of at least 4 members (excludes halogenated alkanes) is 3. The number of nitrogens with one attached hydrogen (secondary N) is 1. The van der Waals surface area contributed by atoms with Crippen LogP contribution >= 0.6 is 0 Å². The molecule has 3 heteroatoms. The molecular weight excluding hydrogens is 226 g/mol. The Morgan fingerprint density at radius 3 is 2.83 bits per heavy atom. The van der Waals surface area contributed by atoms with Crippen molar-refractivity contribution < 1.29 is 9.53 Å². The van der Waals surface area contributed by atoms with Crippen molar-refractivity contribution in [2.75, 3.05) is 13.2 Å². The maximum atomic E-state index is 9.91. The average Bonchev–Trinajstić information content (AvgIpc) is 2.40. The minimum Gasteiger partial charge on any atom is -0.457 e. The zero-order chi connectivity index (χ0) is 13.1. The molecule has 105 valence electrons. The van der Waals surface area contributed by atoms with Gasteiger partial charge in [0.2, 0.25) is 0 Å². The summed E-state index contributed by atoms with van der Waals surface area (Å²) in [5.41, 5.74) is 0. The Morgan fingerprint density at radius 1 is 1.22 bits per heavy atom. The first kappa shape index (κ1) is 15.5. The van der Waals surface area contributed by atoms with Crippen LogP contribution < -0.4 is 5.32 Å². The Labute approximate surface area is 112 Å². The maximum Gasteiger partial charge on any atom is 0.417 e. The lowest BCUT2D eigenvalue weighted by molar-refractivity contribution is 0.230. The van der Waals surface area contributed by atoms with E-state index in [1.54, 1.807) is 0 Å². The summed E-state index contributed by atoms with van der Waals surface area (Å²) in [4.78, 5) is 9.91. The van der Waals surface area contributed by atoms with Crippen molar-refractivity contribution in [3.05, 3.63) is 0 Å². The lowest BCUT2D eigenvalue weighted by Gasteiger charge is -2.33. The number of piperidine rings is 1. The highest BCUT2D eigenvalue weighted by Crippen LogP contribution is 2.25. The summed E-state index contributed by atoms with van der Waals surface area (Å²) in [5, 5.41) is 3.67. The fourth-order valence-corrected chi connectivity index (χ4v) is 2.94. The Balaban J connectivity index is 2.15. The summed E-state index contributed by atoms with van der Waals surface area (Å²) in [6.07, 6.45) is 11.5. The van der Waals surface area contributed by atoms with Crippen molar-refractivity contribution in [3.8, 4) is 0 Å². The Hall–Kier alpha value is -0.570. The van der Waals surface area contributed by atoms with E-state index in [4.69, 9.17) is 0 Å². The third-order valence-electron chi connectivity index (χ3n) is 3.98. The molecule has 0 spiro atoms. The molecule has 18 heavy (non-hydrogen) atoms. The molecular formula is C15H28NO2. The summed E-state index contributed by atoms with van der Waals surface area (Å²) in [6.45, 7) is 5.45. The second-order valence-electron chi connectivity index (χ2n) is 5.39. The van der Waals surface area contributed by atoms with Gasteiger partial charge in [0.15, 0.2) is 0 Å². The molecule has 0 bridgehead atoms. The fraction of sp³-hybridized carbons (Fsp3) is 0.933. The third-order valence-corrected chi connectivity index (χ3v) is 3.98. The number of hydrogen-bond donors (Lipinski definition) is 1. The van der Waals surface area contributed by atoms with Crippen molar-refractivity contribution in [2.45, 2.75) is 70.8 Å². The van der Waals surface area contributed by atoms with E-state index < -0.39 is 0 Å². The van der Waals surface area contributed by atoms with Crippen molar-refractivity contribution >= 4 is 6.47 Å². The molecule has 0 aliphatic carbocycles. The quantitative estimate of drug-likeness (QED) is 0.608. The molecule has 0 saturated carbocycles. The van der Waals surface area contributed by atoms with Crippen LogP contribution in [0.2, 0.25) is 0 Å². The molecule has 0 aromatic carbocycles. The van der Waals surface area contributed by atoms with Gasteiger partial charge in [-0.25, -0.2) is 4.79 Å². The van der Waals surface area contributed by atoms with Crippen LogP contribution in [-0.4, -0.2) is 25.7 Å². The molecule has 1 saturated heterocycles. The third kappa shape index (κ3) is 6.39. The van der Waals surface area contributed by atoms with Gasteiger partial charge in [0, 0.05) is 6.04 Å². The van der Waals surface area contributed by atoms with E-state index in [-0.39, 0.29) is 0 Å². The van der Waals surface area contributed by atoms with Gasteiger partial charge in [-0.05, 0) is 51.0 Å². The molecule has 2 unspecified atom stereocenters. The van der Waals surface area contributed by atoms with E-state index in [0.717, 1.165) is 18.8 Å². The van der Waals surface area contributed by atoms with Crippen molar-refractivity contribution in [1.29, 1.82) is 0 Å². The predicted molar refractivity (Wildman–Crippen MR) is 74.2 cm³/mol. The summed E-state index contributed by atoms with van der Waals surface area (Å²) >= 11 is 0. The molecule has 2 atom stereocenters. The van der Waals surface area contributed by atoms with Gasteiger partial charge >= 0.3 is 6.47 Å². The largest absolute Gasteiger partial charge is 0.457 e. The lowest BCUT2D eigenvalue weighted by atomic mass is 9.84. The molecule has 0 aromatic rings. The Kier molecular flexibility index (Phi) is 8.92. The minimum atomic E-state index is 0.525. The van der Waals surface area contributed by atoms with E-state index in [1.165, 1.54) is 58.0 Å². The van der Waals surface area contributed by atoms with E-state index in [2.05, 4.69) is 17.0 Å². The van der Waals surface area contributed by atoms with Crippen molar-refractivity contribution in [2.24, 2.45) is 5.92 Å². The zero-order valence-electron chi connectivity index (χ0n) is 11.7. The van der Waals surface area contributed by atoms with Gasteiger partial charge in [-0.2, -0.15) is 0 Å². The summed E-state index contributed by atoms with van der Waals surface area (Å²) in [6, 6.07) is 0.691. The summed E-state index contributed by atoms with van der Waals surface area (Å²) in [7, 11) is 0. The van der Waals surface area contributed by atoms with Crippen LogP contribution in [0.4, 0.5) is 0 Å². The SMILES string of the molecule is CCCCCC1CCCNC1CCCCO[C]=O. The van der Waals surface area contributed by atoms with Gasteiger partial charge in [-0.3, -0.25) is 0 Å². The van der Waals surface area contributed by atoms with Crippen molar-refractivity contribution in [1.82, 2.24) is 5.32 Å². The van der Waals surface area contributed by atoms with Gasteiger partial charge in [0.05, 0.1) is 6.61 Å². The zero-order valence-corrected chi connectivity index (χ0v) is 11.7. The first-order chi connectivity index (χ1) is 8.88. The lowest BCUT2D eigenvalue weighted by Crippen LogP contribution is -2.41. The molecule has 1 N–H and O–H groups in total. The Bertz CT molecular complexity index is 209. The predicted octanol–water partition coefficient (Wildman–Crippen LogP) is 3.19. The highest BCUT2D eigenvalue weighted by molar-refractivity contribution is 5.37. The second-order valence-corrected chi connectivity index (χ2v) is 5.39. The smallest absolute Gasteiger partial charge is 0.417 e. The standard InChI is InChI=1S/C15H28NO2/c1-2-3-4-8-14-9-7-11-16-15(14)10-5-6-12-18-13-17/h14-16H,2-12H2,1H3. The summed E-state index contributed by atoms with van der Waals surface area (Å²) < 4.78 is 4.60. The van der Waals surface area contributed by atoms with E-state index >= 15 is 0 Å². The maximum absolute atomic E-state index is 9.91. The molecule has 1 rings (SSSR count). The molecule has 3 nitrogen and oxygen atoms in total. The average molecular weight is 254 g/mol. The van der Waals surface area contributed by atoms with Crippen LogP contribution in [0.1, 0.15) is 64.7 Å². The topological polar surface area (TPSA) is 38.3 Å². The van der Waals surface area contributed by atoms with Gasteiger partial charge in [0.25, 0.3) is 0 Å². The minimum absolute atomic E-state index is 0.525. The first-order valence-electron chi connectivity index (χ1n) is 7.60. The number of hydrogen-bond acceptors (Lipinski definition) is 3. The van der Waals surface area contributed by atoms with Gasteiger partial charge < -0.3 is 10.1 Å². The number of rotatable bonds is 10. The highest BCUT2D eigenvalue weighted by Gasteiger charge is 2.23. The molecule has 0 aromatic heterocycles. The molecule has 1 aliphatic heterocycles. The summed E-state index contributed by atoms with van der Waals surface area (Å²) in [5.74, 6) is 0.865. The molecule has 1 radical (unpaired) electrons. The van der Waals surface area contributed by atoms with E-state index in [1.807, 2.05) is 0 Å². The van der Waals surface area contributed by atoms with Crippen molar-refractivity contribution in [3.63, 3.8) is 0 Å². The van der Waals surface area contributed by atoms with Crippen LogP contribution in [-0.2, 0) is 9.53 Å². The van der Waals surface area contributed by atoms with Gasteiger partial charge in [0.1, 0.15) is 0 Å². The monoisotopic (exact) mass is 254 g/mol. The normalized spacial score (nSPS) is 23.8. The molecule has 0 amide bonds. The van der Waals surface area contributed by atoms with E-state index in [9.17, 15) is 4.79 Å². The number of carbonyl (C=O) groups excluding carboxylic acids is 1. The second kappa shape index (κ2) is 10.4. The molecule has 1 aliphatic rings.